The van der Waals surface area contributed by atoms with Crippen LogP contribution in [0.15, 0.2) is 24.3 Å². The summed E-state index contributed by atoms with van der Waals surface area (Å²) < 4.78 is 38.4. The standard InChI is InChI=1S/C16H23F3N2O.2ClH/c1-14(2,20)11-21-8-6-15(22,7-9-21)12-4-3-5-13(10-12)16(17,18)19;;/h3-5,10,22H,6-9,11,20H2,1-2H3;2*1H. The SMILES string of the molecule is CC(C)(N)CN1CCC(O)(c2cccc(C(F)(F)F)c2)CC1.Cl.Cl. The zero-order chi connectivity index (χ0) is 16.6. The number of alkyl halides is 3. The topological polar surface area (TPSA) is 49.5 Å². The summed E-state index contributed by atoms with van der Waals surface area (Å²) in [5.74, 6) is 0. The molecule has 1 aliphatic heterocycles. The van der Waals surface area contributed by atoms with Gasteiger partial charge in [-0.1, -0.05) is 12.1 Å². The number of hydrogen-bond acceptors (Lipinski definition) is 3. The van der Waals surface area contributed by atoms with Crippen LogP contribution in [-0.4, -0.2) is 35.2 Å². The molecule has 0 amide bonds. The van der Waals surface area contributed by atoms with E-state index in [1.165, 1.54) is 6.07 Å². The van der Waals surface area contributed by atoms with Gasteiger partial charge >= 0.3 is 6.18 Å². The summed E-state index contributed by atoms with van der Waals surface area (Å²) in [4.78, 5) is 2.14. The number of nitrogens with zero attached hydrogens (tertiary/aromatic N) is 1. The average molecular weight is 389 g/mol. The van der Waals surface area contributed by atoms with E-state index >= 15 is 0 Å². The van der Waals surface area contributed by atoms with Crippen molar-refractivity contribution >= 4 is 24.8 Å². The van der Waals surface area contributed by atoms with Crippen LogP contribution in [0.2, 0.25) is 0 Å². The molecule has 0 aromatic heterocycles. The molecule has 1 fully saturated rings. The molecule has 8 heteroatoms. The molecule has 0 unspecified atom stereocenters. The Bertz CT molecular complexity index is 525. The molecule has 0 bridgehead atoms. The highest BCUT2D eigenvalue weighted by Crippen LogP contribution is 2.36. The van der Waals surface area contributed by atoms with Crippen molar-refractivity contribution in [2.24, 2.45) is 5.73 Å². The quantitative estimate of drug-likeness (QED) is 0.831. The zero-order valence-corrected chi connectivity index (χ0v) is 15.4. The lowest BCUT2D eigenvalue weighted by atomic mass is 9.83. The number of benzene rings is 1. The molecular weight excluding hydrogens is 364 g/mol. The molecular formula is C16H25Cl2F3N2O. The molecule has 0 radical (unpaired) electrons. The second-order valence-electron chi connectivity index (χ2n) is 6.87. The fourth-order valence-electron chi connectivity index (χ4n) is 2.93. The molecule has 24 heavy (non-hydrogen) atoms. The summed E-state index contributed by atoms with van der Waals surface area (Å²) in [7, 11) is 0. The summed E-state index contributed by atoms with van der Waals surface area (Å²) in [5, 5.41) is 10.7. The van der Waals surface area contributed by atoms with Gasteiger partial charge in [0.2, 0.25) is 0 Å². The molecule has 140 valence electrons. The van der Waals surface area contributed by atoms with E-state index in [9.17, 15) is 18.3 Å². The third-order valence-corrected chi connectivity index (χ3v) is 4.04. The van der Waals surface area contributed by atoms with Crippen LogP contribution in [-0.2, 0) is 11.8 Å². The van der Waals surface area contributed by atoms with Gasteiger partial charge in [-0.2, -0.15) is 13.2 Å². The van der Waals surface area contributed by atoms with Crippen molar-refractivity contribution < 1.29 is 18.3 Å². The van der Waals surface area contributed by atoms with Gasteiger partial charge in [-0.15, -0.1) is 24.8 Å². The summed E-state index contributed by atoms with van der Waals surface area (Å²) >= 11 is 0. The van der Waals surface area contributed by atoms with E-state index in [-0.39, 0.29) is 30.4 Å². The number of nitrogens with two attached hydrogens (primary N) is 1. The zero-order valence-electron chi connectivity index (χ0n) is 13.8. The first-order valence-corrected chi connectivity index (χ1v) is 7.41. The van der Waals surface area contributed by atoms with Gasteiger partial charge in [0.1, 0.15) is 0 Å². The Morgan fingerprint density at radius 3 is 2.17 bits per heavy atom. The smallest absolute Gasteiger partial charge is 0.385 e. The summed E-state index contributed by atoms with van der Waals surface area (Å²) in [5.41, 5.74) is 4.08. The second kappa shape index (κ2) is 8.23. The molecule has 0 spiro atoms. The molecule has 0 saturated carbocycles. The monoisotopic (exact) mass is 388 g/mol. The predicted molar refractivity (Wildman–Crippen MR) is 93.8 cm³/mol. The van der Waals surface area contributed by atoms with Gasteiger partial charge in [0.25, 0.3) is 0 Å². The summed E-state index contributed by atoms with van der Waals surface area (Å²) in [6, 6.07) is 5.00. The van der Waals surface area contributed by atoms with Crippen LogP contribution in [0.5, 0.6) is 0 Å². The van der Waals surface area contributed by atoms with Crippen molar-refractivity contribution in [1.82, 2.24) is 4.90 Å². The predicted octanol–water partition coefficient (Wildman–Crippen LogP) is 3.57. The number of aliphatic hydroxyl groups is 1. The second-order valence-corrected chi connectivity index (χ2v) is 6.87. The average Bonchev–Trinajstić information content (AvgIpc) is 2.39. The van der Waals surface area contributed by atoms with E-state index in [1.54, 1.807) is 6.07 Å². The van der Waals surface area contributed by atoms with Crippen LogP contribution in [0.25, 0.3) is 0 Å². The number of piperidine rings is 1. The van der Waals surface area contributed by atoms with E-state index < -0.39 is 17.3 Å². The van der Waals surface area contributed by atoms with Crippen LogP contribution in [0, 0.1) is 0 Å². The third-order valence-electron chi connectivity index (χ3n) is 4.04. The molecule has 2 rings (SSSR count). The maximum absolute atomic E-state index is 12.8. The van der Waals surface area contributed by atoms with E-state index in [0.29, 0.717) is 38.0 Å². The first-order chi connectivity index (χ1) is 10.00. The summed E-state index contributed by atoms with van der Waals surface area (Å²) in [6.45, 7) is 5.80. The minimum atomic E-state index is -4.39. The Morgan fingerprint density at radius 2 is 1.71 bits per heavy atom. The first-order valence-electron chi connectivity index (χ1n) is 7.41. The Hall–Kier alpha value is -0.530. The van der Waals surface area contributed by atoms with Gasteiger partial charge in [-0.25, -0.2) is 0 Å². The minimum Gasteiger partial charge on any atom is -0.385 e. The van der Waals surface area contributed by atoms with Crippen molar-refractivity contribution in [2.75, 3.05) is 19.6 Å². The van der Waals surface area contributed by atoms with Crippen LogP contribution >= 0.6 is 24.8 Å². The van der Waals surface area contributed by atoms with Gasteiger partial charge in [0, 0.05) is 25.2 Å². The molecule has 3 nitrogen and oxygen atoms in total. The highest BCUT2D eigenvalue weighted by atomic mass is 35.5. The molecule has 1 saturated heterocycles. The molecule has 3 N–H and O–H groups in total. The van der Waals surface area contributed by atoms with Crippen molar-refractivity contribution in [3.63, 3.8) is 0 Å². The maximum Gasteiger partial charge on any atom is 0.416 e. The van der Waals surface area contributed by atoms with Gasteiger partial charge in [0.05, 0.1) is 11.2 Å². The highest BCUT2D eigenvalue weighted by molar-refractivity contribution is 5.85. The normalized spacial score (nSPS) is 18.5. The van der Waals surface area contributed by atoms with Crippen molar-refractivity contribution in [2.45, 2.75) is 44.0 Å². The minimum absolute atomic E-state index is 0. The van der Waals surface area contributed by atoms with E-state index in [1.807, 2.05) is 13.8 Å². The number of rotatable bonds is 3. The molecule has 1 heterocycles. The molecule has 0 aliphatic carbocycles. The lowest BCUT2D eigenvalue weighted by molar-refractivity contribution is -0.137. The highest BCUT2D eigenvalue weighted by Gasteiger charge is 2.37. The Labute approximate surface area is 153 Å². The van der Waals surface area contributed by atoms with Gasteiger partial charge in [-0.05, 0) is 44.4 Å². The van der Waals surface area contributed by atoms with Crippen molar-refractivity contribution in [1.29, 1.82) is 0 Å². The van der Waals surface area contributed by atoms with Gasteiger partial charge in [-0.3, -0.25) is 0 Å². The molecule has 1 aromatic carbocycles. The fourth-order valence-corrected chi connectivity index (χ4v) is 2.93. The fraction of sp³-hybridized carbons (Fsp3) is 0.625. The van der Waals surface area contributed by atoms with Crippen LogP contribution in [0.4, 0.5) is 13.2 Å². The van der Waals surface area contributed by atoms with Gasteiger partial charge < -0.3 is 15.7 Å². The number of halogens is 5. The third kappa shape index (κ3) is 6.08. The van der Waals surface area contributed by atoms with Crippen LogP contribution in [0.1, 0.15) is 37.8 Å². The molecule has 1 aromatic rings. The lowest BCUT2D eigenvalue weighted by Gasteiger charge is -2.40. The number of hydrogen-bond donors (Lipinski definition) is 2. The van der Waals surface area contributed by atoms with Gasteiger partial charge in [0.15, 0.2) is 0 Å². The van der Waals surface area contributed by atoms with E-state index in [2.05, 4.69) is 4.90 Å². The Balaban J connectivity index is 0.00000264. The molecule has 1 aliphatic rings. The van der Waals surface area contributed by atoms with E-state index in [0.717, 1.165) is 12.1 Å². The van der Waals surface area contributed by atoms with Crippen molar-refractivity contribution in [3.8, 4) is 0 Å². The molecule has 0 atom stereocenters. The van der Waals surface area contributed by atoms with Crippen LogP contribution in [0.3, 0.4) is 0 Å². The van der Waals surface area contributed by atoms with E-state index in [4.69, 9.17) is 5.73 Å². The maximum atomic E-state index is 12.8. The number of likely N-dealkylation sites (tertiary alicyclic amines) is 1. The first kappa shape index (κ1) is 23.5. The lowest BCUT2D eigenvalue weighted by Crippen LogP contribution is -2.50. The Morgan fingerprint density at radius 1 is 1.17 bits per heavy atom. The van der Waals surface area contributed by atoms with Crippen molar-refractivity contribution in [3.05, 3.63) is 35.4 Å². The Kier molecular flexibility index (Phi) is 8.05. The van der Waals surface area contributed by atoms with Crippen LogP contribution < -0.4 is 5.73 Å². The largest absolute Gasteiger partial charge is 0.416 e. The summed E-state index contributed by atoms with van der Waals surface area (Å²) in [6.07, 6.45) is -3.58.